The fourth-order valence-electron chi connectivity index (χ4n) is 1.01. The smallest absolute Gasteiger partial charge is 0.365 e. The van der Waals surface area contributed by atoms with Gasteiger partial charge in [-0.15, -0.1) is 0 Å². The largest absolute Gasteiger partial charge is 0.399 e. The van der Waals surface area contributed by atoms with Crippen LogP contribution in [0.5, 0.6) is 0 Å². The Morgan fingerprint density at radius 2 is 2.27 bits per heavy atom. The number of hydrogen-bond acceptors (Lipinski definition) is 4. The topological polar surface area (TPSA) is 47.4 Å². The summed E-state index contributed by atoms with van der Waals surface area (Å²) >= 11 is 4.89. The van der Waals surface area contributed by atoms with Crippen LogP contribution in [0.3, 0.4) is 0 Å². The number of aromatic nitrogens is 2. The van der Waals surface area contributed by atoms with Gasteiger partial charge in [0.25, 0.3) is 0 Å². The zero-order chi connectivity index (χ0) is 11.5. The normalized spacial score (nSPS) is 12.7. The summed E-state index contributed by atoms with van der Waals surface area (Å²) in [5.41, 5.74) is -0.301. The van der Waals surface area contributed by atoms with Crippen molar-refractivity contribution < 1.29 is 13.6 Å². The van der Waals surface area contributed by atoms with Crippen molar-refractivity contribution in [3.8, 4) is 0 Å². The summed E-state index contributed by atoms with van der Waals surface area (Å²) in [4.78, 5) is 11.5. The first-order valence-electron chi connectivity index (χ1n) is 3.92. The minimum Gasteiger partial charge on any atom is -0.399 e. The third kappa shape index (κ3) is 2.82. The Morgan fingerprint density at radius 3 is 2.80 bits per heavy atom. The van der Waals surface area contributed by atoms with E-state index in [1.165, 1.54) is 20.2 Å². The highest BCUT2D eigenvalue weighted by Crippen LogP contribution is 2.32. The minimum absolute atomic E-state index is 0.0550. The molecular weight excluding hydrogens is 228 g/mol. The van der Waals surface area contributed by atoms with E-state index in [0.29, 0.717) is 0 Å². The molecule has 1 aromatic rings. The van der Waals surface area contributed by atoms with Crippen molar-refractivity contribution in [3.63, 3.8) is 0 Å². The van der Waals surface area contributed by atoms with Crippen molar-refractivity contribution >= 4 is 17.3 Å². The van der Waals surface area contributed by atoms with Crippen molar-refractivity contribution in [1.29, 1.82) is 0 Å². The van der Waals surface area contributed by atoms with E-state index in [2.05, 4.69) is 20.0 Å². The second-order valence-corrected chi connectivity index (χ2v) is 3.12. The molecule has 1 aromatic heterocycles. The number of halogens is 3. The molecule has 0 aliphatic carbocycles. The molecule has 0 radical (unpaired) electrons. The maximum absolute atomic E-state index is 12.9. The molecule has 0 N–H and O–H groups in total. The van der Waals surface area contributed by atoms with Crippen molar-refractivity contribution in [3.05, 3.63) is 23.8 Å². The standard InChI is InChI=1S/C8H8ClF2N3O/c1-5(14-15-2)6-3-12-4-13-7(6)8(9,10)11/h3-4H,1-2H3. The molecule has 0 saturated heterocycles. The van der Waals surface area contributed by atoms with Gasteiger partial charge in [-0.3, -0.25) is 0 Å². The first-order chi connectivity index (χ1) is 6.96. The van der Waals surface area contributed by atoms with Crippen LogP contribution in [0.2, 0.25) is 0 Å². The Morgan fingerprint density at radius 1 is 1.60 bits per heavy atom. The van der Waals surface area contributed by atoms with Crippen molar-refractivity contribution in [2.24, 2.45) is 5.16 Å². The minimum atomic E-state index is -3.55. The lowest BCUT2D eigenvalue weighted by molar-refractivity contribution is 0.0895. The molecule has 1 heterocycles. The van der Waals surface area contributed by atoms with Gasteiger partial charge in [0.1, 0.15) is 19.1 Å². The average molecular weight is 236 g/mol. The molecule has 0 amide bonds. The van der Waals surface area contributed by atoms with Gasteiger partial charge in [-0.25, -0.2) is 9.97 Å². The lowest BCUT2D eigenvalue weighted by Gasteiger charge is -2.10. The lowest BCUT2D eigenvalue weighted by atomic mass is 10.1. The fourth-order valence-corrected chi connectivity index (χ4v) is 1.16. The summed E-state index contributed by atoms with van der Waals surface area (Å²) in [5.74, 6) is 0. The van der Waals surface area contributed by atoms with E-state index >= 15 is 0 Å². The van der Waals surface area contributed by atoms with E-state index in [0.717, 1.165) is 6.33 Å². The van der Waals surface area contributed by atoms with Gasteiger partial charge in [-0.05, 0) is 18.5 Å². The van der Waals surface area contributed by atoms with Crippen LogP contribution in [0.4, 0.5) is 8.78 Å². The number of rotatable bonds is 3. The summed E-state index contributed by atoms with van der Waals surface area (Å²) in [6, 6.07) is 0. The molecule has 7 heteroatoms. The van der Waals surface area contributed by atoms with E-state index in [1.54, 1.807) is 0 Å². The highest BCUT2D eigenvalue weighted by atomic mass is 35.5. The summed E-state index contributed by atoms with van der Waals surface area (Å²) in [6.45, 7) is 1.49. The molecule has 82 valence electrons. The predicted octanol–water partition coefficient (Wildman–Crippen LogP) is 2.14. The van der Waals surface area contributed by atoms with Crippen molar-refractivity contribution in [1.82, 2.24) is 9.97 Å². The Kier molecular flexibility index (Phi) is 3.52. The van der Waals surface area contributed by atoms with Crippen LogP contribution in [0.25, 0.3) is 0 Å². The molecule has 0 spiro atoms. The molecule has 0 aromatic carbocycles. The lowest BCUT2D eigenvalue weighted by Crippen LogP contribution is -2.14. The van der Waals surface area contributed by atoms with E-state index < -0.39 is 11.1 Å². The molecule has 0 unspecified atom stereocenters. The molecule has 0 saturated carbocycles. The molecule has 0 atom stereocenters. The van der Waals surface area contributed by atoms with Gasteiger partial charge in [0.05, 0.1) is 5.71 Å². The third-order valence-corrected chi connectivity index (χ3v) is 1.78. The number of nitrogens with zero attached hydrogens (tertiary/aromatic N) is 3. The monoisotopic (exact) mass is 235 g/mol. The Balaban J connectivity index is 3.24. The molecule has 0 aliphatic rings. The van der Waals surface area contributed by atoms with E-state index in [4.69, 9.17) is 11.6 Å². The van der Waals surface area contributed by atoms with Crippen LogP contribution in [0.15, 0.2) is 17.7 Å². The zero-order valence-electron chi connectivity index (χ0n) is 8.04. The molecule has 0 aliphatic heterocycles. The van der Waals surface area contributed by atoms with Crippen molar-refractivity contribution in [2.45, 2.75) is 12.3 Å². The highest BCUT2D eigenvalue weighted by Gasteiger charge is 2.33. The van der Waals surface area contributed by atoms with E-state index in [9.17, 15) is 8.78 Å². The summed E-state index contributed by atoms with van der Waals surface area (Å²) in [5, 5.41) is -0.0391. The van der Waals surface area contributed by atoms with Gasteiger partial charge in [-0.2, -0.15) is 8.78 Å². The van der Waals surface area contributed by atoms with Gasteiger partial charge in [0.15, 0.2) is 0 Å². The molecule has 0 fully saturated rings. The van der Waals surface area contributed by atoms with Crippen LogP contribution >= 0.6 is 11.6 Å². The maximum atomic E-state index is 12.9. The quantitative estimate of drug-likeness (QED) is 0.458. The van der Waals surface area contributed by atoms with Gasteiger partial charge < -0.3 is 4.84 Å². The number of alkyl halides is 3. The first-order valence-corrected chi connectivity index (χ1v) is 4.30. The molecular formula is C8H8ClF2N3O. The molecule has 4 nitrogen and oxygen atoms in total. The Bertz CT molecular complexity index is 378. The highest BCUT2D eigenvalue weighted by molar-refractivity contribution is 6.22. The average Bonchev–Trinajstić information content (AvgIpc) is 2.17. The van der Waals surface area contributed by atoms with Gasteiger partial charge in [0, 0.05) is 11.8 Å². The van der Waals surface area contributed by atoms with Crippen LogP contribution < -0.4 is 0 Å². The maximum Gasteiger partial charge on any atom is 0.365 e. The van der Waals surface area contributed by atoms with Crippen molar-refractivity contribution in [2.75, 3.05) is 7.11 Å². The first kappa shape index (κ1) is 11.8. The predicted molar refractivity (Wildman–Crippen MR) is 51.0 cm³/mol. The SMILES string of the molecule is CON=C(C)c1cncnc1C(F)(F)Cl. The molecule has 15 heavy (non-hydrogen) atoms. The summed E-state index contributed by atoms with van der Waals surface area (Å²) in [7, 11) is 1.31. The third-order valence-electron chi connectivity index (χ3n) is 1.60. The van der Waals surface area contributed by atoms with Gasteiger partial charge in [-0.1, -0.05) is 5.16 Å². The summed E-state index contributed by atoms with van der Waals surface area (Å²) in [6.07, 6.45) is 2.20. The molecule has 1 rings (SSSR count). The second-order valence-electron chi connectivity index (χ2n) is 2.64. The number of hydrogen-bond donors (Lipinski definition) is 0. The molecule has 0 bridgehead atoms. The van der Waals surface area contributed by atoms with Crippen LogP contribution in [0.1, 0.15) is 18.2 Å². The van der Waals surface area contributed by atoms with Crippen LogP contribution in [-0.4, -0.2) is 22.8 Å². The Hall–Kier alpha value is -1.30. The van der Waals surface area contributed by atoms with Crippen LogP contribution in [-0.2, 0) is 10.2 Å². The van der Waals surface area contributed by atoms with E-state index in [-0.39, 0.29) is 11.3 Å². The Labute approximate surface area is 89.9 Å². The number of oxime groups is 1. The van der Waals surface area contributed by atoms with Crippen LogP contribution in [0, 0.1) is 0 Å². The van der Waals surface area contributed by atoms with Gasteiger partial charge >= 0.3 is 5.38 Å². The second kappa shape index (κ2) is 4.48. The summed E-state index contributed by atoms with van der Waals surface area (Å²) < 4.78 is 25.8. The van der Waals surface area contributed by atoms with Gasteiger partial charge in [0.2, 0.25) is 0 Å². The zero-order valence-corrected chi connectivity index (χ0v) is 8.79. The van der Waals surface area contributed by atoms with E-state index in [1.807, 2.05) is 0 Å². The fraction of sp³-hybridized carbons (Fsp3) is 0.375.